The van der Waals surface area contributed by atoms with Gasteiger partial charge in [0, 0.05) is 6.04 Å². The van der Waals surface area contributed by atoms with Crippen LogP contribution in [0.25, 0.3) is 0 Å². The van der Waals surface area contributed by atoms with E-state index in [2.05, 4.69) is 37.2 Å². The summed E-state index contributed by atoms with van der Waals surface area (Å²) >= 11 is 14.4. The second kappa shape index (κ2) is 5.38. The minimum Gasteiger partial charge on any atom is -0.348 e. The molecule has 1 saturated carbocycles. The average Bonchev–Trinajstić information content (AvgIpc) is 2.74. The monoisotopic (exact) mass is 385 g/mol. The highest BCUT2D eigenvalue weighted by Gasteiger charge is 2.27. The van der Waals surface area contributed by atoms with Crippen LogP contribution in [0.15, 0.2) is 13.6 Å². The van der Waals surface area contributed by atoms with Gasteiger partial charge in [0.05, 0.1) is 18.5 Å². The SMILES string of the molecule is O=C(NC1CCCC1Cl)c1cc(Br)sc1Br. The molecule has 0 spiro atoms. The summed E-state index contributed by atoms with van der Waals surface area (Å²) in [5.41, 5.74) is 0.674. The van der Waals surface area contributed by atoms with Crippen molar-refractivity contribution in [3.63, 3.8) is 0 Å². The number of amides is 1. The number of carbonyl (C=O) groups is 1. The number of alkyl halides is 1. The minimum atomic E-state index is -0.0497. The fourth-order valence-corrected chi connectivity index (χ4v) is 4.96. The molecule has 1 aliphatic rings. The lowest BCUT2D eigenvalue weighted by atomic mass is 10.2. The summed E-state index contributed by atoms with van der Waals surface area (Å²) in [4.78, 5) is 12.0. The van der Waals surface area contributed by atoms with E-state index in [9.17, 15) is 4.79 Å². The Morgan fingerprint density at radius 1 is 1.50 bits per heavy atom. The molecule has 0 aromatic carbocycles. The average molecular weight is 388 g/mol. The number of carbonyl (C=O) groups excluding carboxylic acids is 1. The zero-order valence-electron chi connectivity index (χ0n) is 8.30. The van der Waals surface area contributed by atoms with Gasteiger partial charge in [-0.15, -0.1) is 22.9 Å². The van der Waals surface area contributed by atoms with E-state index in [1.165, 1.54) is 11.3 Å². The fraction of sp³-hybridized carbons (Fsp3) is 0.500. The molecule has 1 aromatic rings. The molecule has 1 aliphatic carbocycles. The van der Waals surface area contributed by atoms with E-state index in [4.69, 9.17) is 11.6 Å². The largest absolute Gasteiger partial charge is 0.348 e. The van der Waals surface area contributed by atoms with Crippen LogP contribution >= 0.6 is 54.8 Å². The predicted octanol–water partition coefficient (Wildman–Crippen LogP) is 4.16. The maximum absolute atomic E-state index is 12.0. The van der Waals surface area contributed by atoms with Crippen LogP contribution < -0.4 is 5.32 Å². The van der Waals surface area contributed by atoms with Gasteiger partial charge in [-0.25, -0.2) is 0 Å². The van der Waals surface area contributed by atoms with Crippen LogP contribution in [0.5, 0.6) is 0 Å². The van der Waals surface area contributed by atoms with E-state index in [0.717, 1.165) is 26.8 Å². The Labute approximate surface area is 120 Å². The molecule has 2 atom stereocenters. The number of hydrogen-bond acceptors (Lipinski definition) is 2. The Bertz CT molecular complexity index is 410. The molecule has 1 heterocycles. The minimum absolute atomic E-state index is 0.0497. The van der Waals surface area contributed by atoms with Crippen molar-refractivity contribution in [3.8, 4) is 0 Å². The van der Waals surface area contributed by atoms with Crippen molar-refractivity contribution in [2.75, 3.05) is 0 Å². The summed E-state index contributed by atoms with van der Waals surface area (Å²) < 4.78 is 1.79. The van der Waals surface area contributed by atoms with E-state index in [0.29, 0.717) is 5.56 Å². The van der Waals surface area contributed by atoms with E-state index in [-0.39, 0.29) is 17.3 Å². The normalized spacial score (nSPS) is 24.7. The first-order valence-corrected chi connectivity index (χ1v) is 7.81. The molecule has 1 amide bonds. The second-order valence-electron chi connectivity index (χ2n) is 3.76. The predicted molar refractivity (Wildman–Crippen MR) is 74.5 cm³/mol. The number of nitrogens with one attached hydrogen (secondary N) is 1. The van der Waals surface area contributed by atoms with Crippen molar-refractivity contribution >= 4 is 60.7 Å². The zero-order valence-corrected chi connectivity index (χ0v) is 13.0. The number of thiophene rings is 1. The van der Waals surface area contributed by atoms with Crippen LogP contribution in [-0.4, -0.2) is 17.3 Å². The molecule has 1 N–H and O–H groups in total. The molecule has 0 bridgehead atoms. The third kappa shape index (κ3) is 2.81. The lowest BCUT2D eigenvalue weighted by Crippen LogP contribution is -2.37. The molecule has 2 unspecified atom stereocenters. The standard InChI is InChI=1S/C10H10Br2ClNOS/c11-8-4-5(9(12)16-8)10(15)14-7-3-1-2-6(7)13/h4,6-7H,1-3H2,(H,14,15). The highest BCUT2D eigenvalue weighted by molar-refractivity contribution is 9.12. The Balaban J connectivity index is 2.05. The molecular formula is C10H10Br2ClNOS. The summed E-state index contributed by atoms with van der Waals surface area (Å²) in [6.07, 6.45) is 3.05. The fourth-order valence-electron chi connectivity index (χ4n) is 1.82. The molecule has 1 aromatic heterocycles. The zero-order chi connectivity index (χ0) is 11.7. The Morgan fingerprint density at radius 2 is 2.25 bits per heavy atom. The number of rotatable bonds is 2. The molecule has 2 rings (SSSR count). The molecule has 0 radical (unpaired) electrons. The highest BCUT2D eigenvalue weighted by Crippen LogP contribution is 2.32. The Hall–Kier alpha value is 0.420. The van der Waals surface area contributed by atoms with Crippen LogP contribution in [0.1, 0.15) is 29.6 Å². The van der Waals surface area contributed by atoms with E-state index < -0.39 is 0 Å². The summed E-state index contributed by atoms with van der Waals surface area (Å²) in [6.45, 7) is 0. The summed E-state index contributed by atoms with van der Waals surface area (Å²) in [5.74, 6) is -0.0497. The third-order valence-corrected chi connectivity index (χ3v) is 5.51. The summed E-state index contributed by atoms with van der Waals surface area (Å²) in [7, 11) is 0. The summed E-state index contributed by atoms with van der Waals surface area (Å²) in [6, 6.07) is 1.93. The molecular weight excluding hydrogens is 377 g/mol. The van der Waals surface area contributed by atoms with Crippen molar-refractivity contribution in [3.05, 3.63) is 19.2 Å². The van der Waals surface area contributed by atoms with Gasteiger partial charge in [-0.1, -0.05) is 0 Å². The van der Waals surface area contributed by atoms with Crippen molar-refractivity contribution in [2.45, 2.75) is 30.7 Å². The maximum atomic E-state index is 12.0. The van der Waals surface area contributed by atoms with Gasteiger partial charge in [-0.3, -0.25) is 4.79 Å². The van der Waals surface area contributed by atoms with Crippen molar-refractivity contribution in [1.82, 2.24) is 5.32 Å². The first-order chi connectivity index (χ1) is 7.58. The molecule has 88 valence electrons. The summed E-state index contributed by atoms with van der Waals surface area (Å²) in [5, 5.41) is 3.06. The van der Waals surface area contributed by atoms with Gasteiger partial charge in [0.25, 0.3) is 5.91 Å². The highest BCUT2D eigenvalue weighted by atomic mass is 79.9. The van der Waals surface area contributed by atoms with Crippen LogP contribution in [0, 0.1) is 0 Å². The van der Waals surface area contributed by atoms with E-state index in [1.807, 2.05) is 6.07 Å². The van der Waals surface area contributed by atoms with E-state index >= 15 is 0 Å². The van der Waals surface area contributed by atoms with Crippen LogP contribution in [0.4, 0.5) is 0 Å². The smallest absolute Gasteiger partial charge is 0.253 e. The number of hydrogen-bond donors (Lipinski definition) is 1. The Morgan fingerprint density at radius 3 is 2.75 bits per heavy atom. The molecule has 1 fully saturated rings. The first-order valence-electron chi connectivity index (χ1n) is 4.97. The molecule has 0 aliphatic heterocycles. The Kier molecular flexibility index (Phi) is 4.32. The second-order valence-corrected chi connectivity index (χ2v) is 8.07. The molecule has 2 nitrogen and oxygen atoms in total. The third-order valence-electron chi connectivity index (χ3n) is 2.65. The van der Waals surface area contributed by atoms with Crippen molar-refractivity contribution in [2.24, 2.45) is 0 Å². The molecule has 0 saturated heterocycles. The lowest BCUT2D eigenvalue weighted by Gasteiger charge is -2.15. The number of halogens is 3. The van der Waals surface area contributed by atoms with Gasteiger partial charge in [0.2, 0.25) is 0 Å². The van der Waals surface area contributed by atoms with E-state index in [1.54, 1.807) is 0 Å². The van der Waals surface area contributed by atoms with Gasteiger partial charge in [0.15, 0.2) is 0 Å². The topological polar surface area (TPSA) is 29.1 Å². The van der Waals surface area contributed by atoms with Crippen LogP contribution in [-0.2, 0) is 0 Å². The van der Waals surface area contributed by atoms with Crippen molar-refractivity contribution < 1.29 is 4.79 Å². The van der Waals surface area contributed by atoms with Gasteiger partial charge in [0.1, 0.15) is 0 Å². The van der Waals surface area contributed by atoms with Gasteiger partial charge in [-0.2, -0.15) is 0 Å². The van der Waals surface area contributed by atoms with Crippen molar-refractivity contribution in [1.29, 1.82) is 0 Å². The molecule has 6 heteroatoms. The van der Waals surface area contributed by atoms with Gasteiger partial charge in [-0.05, 0) is 57.2 Å². The quantitative estimate of drug-likeness (QED) is 0.759. The maximum Gasteiger partial charge on any atom is 0.253 e. The lowest BCUT2D eigenvalue weighted by molar-refractivity contribution is 0.0938. The molecule has 16 heavy (non-hydrogen) atoms. The first kappa shape index (κ1) is 12.9. The van der Waals surface area contributed by atoms with Gasteiger partial charge >= 0.3 is 0 Å². The van der Waals surface area contributed by atoms with Crippen LogP contribution in [0.2, 0.25) is 0 Å². The van der Waals surface area contributed by atoms with Gasteiger partial charge < -0.3 is 5.32 Å². The van der Waals surface area contributed by atoms with Crippen LogP contribution in [0.3, 0.4) is 0 Å².